The number of nitrogens with zero attached hydrogens (tertiary/aromatic N) is 1. The van der Waals surface area contributed by atoms with E-state index in [0.717, 1.165) is 48.2 Å². The summed E-state index contributed by atoms with van der Waals surface area (Å²) in [5, 5.41) is 6.90. The maximum atomic E-state index is 13.3. The van der Waals surface area contributed by atoms with Gasteiger partial charge in [-0.15, -0.1) is 0 Å². The van der Waals surface area contributed by atoms with E-state index >= 15 is 0 Å². The Bertz CT molecular complexity index is 936. The van der Waals surface area contributed by atoms with Crippen LogP contribution in [0.15, 0.2) is 48.5 Å². The average molecular weight is 464 g/mol. The highest BCUT2D eigenvalue weighted by molar-refractivity contribution is 5.95. The molecule has 1 saturated carbocycles. The number of hydrogen-bond donors (Lipinski definition) is 2. The van der Waals surface area contributed by atoms with Crippen molar-refractivity contribution in [1.29, 1.82) is 0 Å². The second kappa shape index (κ2) is 11.5. The van der Waals surface area contributed by atoms with E-state index in [1.54, 1.807) is 11.8 Å². The number of hydrogen-bond acceptors (Lipinski definition) is 3. The molecule has 0 spiro atoms. The first-order valence-electron chi connectivity index (χ1n) is 12.7. The Hall–Kier alpha value is -2.82. The van der Waals surface area contributed by atoms with Crippen LogP contribution in [0.5, 0.6) is 0 Å². The van der Waals surface area contributed by atoms with Crippen molar-refractivity contribution < 1.29 is 9.59 Å². The zero-order chi connectivity index (χ0) is 24.7. The van der Waals surface area contributed by atoms with E-state index in [1.165, 1.54) is 6.42 Å². The van der Waals surface area contributed by atoms with Gasteiger partial charge in [-0.1, -0.05) is 83.4 Å². The molecule has 1 fully saturated rings. The summed E-state index contributed by atoms with van der Waals surface area (Å²) in [6.07, 6.45) is 5.43. The Morgan fingerprint density at radius 2 is 1.47 bits per heavy atom. The van der Waals surface area contributed by atoms with Crippen molar-refractivity contribution in [3.63, 3.8) is 0 Å². The van der Waals surface area contributed by atoms with Gasteiger partial charge in [0.25, 0.3) is 0 Å². The number of carbonyl (C=O) groups is 2. The van der Waals surface area contributed by atoms with Crippen molar-refractivity contribution in [2.45, 2.75) is 84.1 Å². The molecule has 34 heavy (non-hydrogen) atoms. The highest BCUT2D eigenvalue weighted by Crippen LogP contribution is 2.34. The standard InChI is InChI=1S/C29H41N3O2/c1-21(2)25-15-12-16-26(22(3)4)28(25)30-27(34)19-32(23(5)33)20-29(17-10-7-11-18-29)31-24-13-8-6-9-14-24/h6,8-9,12-16,21-22,31H,7,10-11,17-20H2,1-5H3,(H,30,34). The summed E-state index contributed by atoms with van der Waals surface area (Å²) < 4.78 is 0. The molecule has 5 nitrogen and oxygen atoms in total. The number of benzene rings is 2. The molecular weight excluding hydrogens is 422 g/mol. The van der Waals surface area contributed by atoms with E-state index in [0.29, 0.717) is 18.4 Å². The fourth-order valence-corrected chi connectivity index (χ4v) is 5.07. The third kappa shape index (κ3) is 6.62. The number of amides is 2. The van der Waals surface area contributed by atoms with Crippen LogP contribution >= 0.6 is 0 Å². The molecule has 5 heteroatoms. The highest BCUT2D eigenvalue weighted by Gasteiger charge is 2.35. The Labute approximate surface area is 205 Å². The quantitative estimate of drug-likeness (QED) is 0.444. The third-order valence-corrected chi connectivity index (χ3v) is 6.90. The van der Waals surface area contributed by atoms with E-state index in [1.807, 2.05) is 18.2 Å². The minimum Gasteiger partial charge on any atom is -0.378 e. The van der Waals surface area contributed by atoms with Crippen LogP contribution in [0.3, 0.4) is 0 Å². The van der Waals surface area contributed by atoms with Crippen molar-refractivity contribution >= 4 is 23.2 Å². The summed E-state index contributed by atoms with van der Waals surface area (Å²) in [7, 11) is 0. The van der Waals surface area contributed by atoms with Gasteiger partial charge in [0.1, 0.15) is 0 Å². The van der Waals surface area contributed by atoms with Gasteiger partial charge in [0.05, 0.1) is 12.1 Å². The molecule has 0 saturated heterocycles. The molecule has 2 aromatic rings. The van der Waals surface area contributed by atoms with Gasteiger partial charge in [0.2, 0.25) is 11.8 Å². The van der Waals surface area contributed by atoms with Crippen LogP contribution in [0, 0.1) is 0 Å². The van der Waals surface area contributed by atoms with Crippen molar-refractivity contribution in [2.24, 2.45) is 0 Å². The summed E-state index contributed by atoms with van der Waals surface area (Å²) in [5.74, 6) is 0.365. The lowest BCUT2D eigenvalue weighted by molar-refractivity contribution is -0.133. The number of anilines is 2. The molecule has 0 unspecified atom stereocenters. The van der Waals surface area contributed by atoms with Crippen LogP contribution in [0.4, 0.5) is 11.4 Å². The van der Waals surface area contributed by atoms with Crippen LogP contribution in [-0.2, 0) is 9.59 Å². The zero-order valence-electron chi connectivity index (χ0n) is 21.5. The van der Waals surface area contributed by atoms with Crippen molar-refractivity contribution in [2.75, 3.05) is 23.7 Å². The first-order chi connectivity index (χ1) is 16.2. The molecule has 2 aromatic carbocycles. The molecular formula is C29H41N3O2. The van der Waals surface area contributed by atoms with Gasteiger partial charge in [0, 0.05) is 24.8 Å². The van der Waals surface area contributed by atoms with E-state index in [2.05, 4.69) is 68.7 Å². The lowest BCUT2D eigenvalue weighted by Gasteiger charge is -2.42. The molecule has 0 aliphatic heterocycles. The number of carbonyl (C=O) groups excluding carboxylic acids is 2. The first-order valence-corrected chi connectivity index (χ1v) is 12.7. The maximum Gasteiger partial charge on any atom is 0.244 e. The second-order valence-corrected chi connectivity index (χ2v) is 10.4. The predicted molar refractivity (Wildman–Crippen MR) is 141 cm³/mol. The molecule has 184 valence electrons. The molecule has 1 aliphatic carbocycles. The topological polar surface area (TPSA) is 61.4 Å². The van der Waals surface area contributed by atoms with E-state index in [-0.39, 0.29) is 23.9 Å². The Morgan fingerprint density at radius 3 is 2.00 bits per heavy atom. The van der Waals surface area contributed by atoms with Gasteiger partial charge in [0.15, 0.2) is 0 Å². The molecule has 0 heterocycles. The molecule has 3 rings (SSSR count). The lowest BCUT2D eigenvalue weighted by Crippen LogP contribution is -2.53. The number of para-hydroxylation sites is 2. The summed E-state index contributed by atoms with van der Waals surface area (Å²) in [5.41, 5.74) is 4.00. The van der Waals surface area contributed by atoms with Crippen molar-refractivity contribution in [3.8, 4) is 0 Å². The number of nitrogens with one attached hydrogen (secondary N) is 2. The normalized spacial score (nSPS) is 15.3. The predicted octanol–water partition coefficient (Wildman–Crippen LogP) is 6.54. The van der Waals surface area contributed by atoms with Gasteiger partial charge in [-0.2, -0.15) is 0 Å². The molecule has 0 atom stereocenters. The molecule has 0 radical (unpaired) electrons. The molecule has 2 N–H and O–H groups in total. The van der Waals surface area contributed by atoms with Crippen LogP contribution in [0.2, 0.25) is 0 Å². The summed E-state index contributed by atoms with van der Waals surface area (Å²) in [6, 6.07) is 16.4. The average Bonchev–Trinajstić information content (AvgIpc) is 2.79. The Morgan fingerprint density at radius 1 is 0.882 bits per heavy atom. The summed E-state index contributed by atoms with van der Waals surface area (Å²) >= 11 is 0. The molecule has 1 aliphatic rings. The van der Waals surface area contributed by atoms with Gasteiger partial charge < -0.3 is 15.5 Å². The van der Waals surface area contributed by atoms with Gasteiger partial charge >= 0.3 is 0 Å². The lowest BCUT2D eigenvalue weighted by atomic mass is 9.80. The van der Waals surface area contributed by atoms with E-state index < -0.39 is 0 Å². The fourth-order valence-electron chi connectivity index (χ4n) is 5.07. The van der Waals surface area contributed by atoms with Crippen LogP contribution in [0.25, 0.3) is 0 Å². The summed E-state index contributed by atoms with van der Waals surface area (Å²) in [6.45, 7) is 10.7. The van der Waals surface area contributed by atoms with Gasteiger partial charge in [-0.3, -0.25) is 9.59 Å². The fraction of sp³-hybridized carbons (Fsp3) is 0.517. The summed E-state index contributed by atoms with van der Waals surface area (Å²) in [4.78, 5) is 27.6. The van der Waals surface area contributed by atoms with Crippen LogP contribution < -0.4 is 10.6 Å². The Kier molecular flexibility index (Phi) is 8.76. The van der Waals surface area contributed by atoms with Crippen LogP contribution in [0.1, 0.15) is 89.7 Å². The minimum atomic E-state index is -0.218. The van der Waals surface area contributed by atoms with Gasteiger partial charge in [-0.25, -0.2) is 0 Å². The molecule has 0 aromatic heterocycles. The second-order valence-electron chi connectivity index (χ2n) is 10.4. The van der Waals surface area contributed by atoms with Crippen molar-refractivity contribution in [1.82, 2.24) is 4.90 Å². The molecule has 0 bridgehead atoms. The first kappa shape index (κ1) is 25.8. The Balaban J connectivity index is 1.79. The maximum absolute atomic E-state index is 13.3. The van der Waals surface area contributed by atoms with Crippen molar-refractivity contribution in [3.05, 3.63) is 59.7 Å². The third-order valence-electron chi connectivity index (χ3n) is 6.90. The highest BCUT2D eigenvalue weighted by atomic mass is 16.2. The largest absolute Gasteiger partial charge is 0.378 e. The SMILES string of the molecule is CC(=O)N(CC(=O)Nc1c(C(C)C)cccc1C(C)C)CC1(Nc2ccccc2)CCCCC1. The minimum absolute atomic E-state index is 0.0531. The molecule has 2 amide bonds. The monoisotopic (exact) mass is 463 g/mol. The van der Waals surface area contributed by atoms with E-state index in [9.17, 15) is 9.59 Å². The smallest absolute Gasteiger partial charge is 0.244 e. The van der Waals surface area contributed by atoms with Crippen LogP contribution in [-0.4, -0.2) is 35.3 Å². The zero-order valence-corrected chi connectivity index (χ0v) is 21.5. The van der Waals surface area contributed by atoms with Gasteiger partial charge in [-0.05, 0) is 47.9 Å². The van der Waals surface area contributed by atoms with E-state index in [4.69, 9.17) is 0 Å². The number of rotatable bonds is 9.